The monoisotopic (exact) mass is 282 g/mol. The van der Waals surface area contributed by atoms with Gasteiger partial charge in [-0.3, -0.25) is 0 Å². The van der Waals surface area contributed by atoms with Crippen LogP contribution in [0.1, 0.15) is 30.1 Å². The average Bonchev–Trinajstić information content (AvgIpc) is 2.54. The largest absolute Gasteiger partial charge is 0.462 e. The maximum absolute atomic E-state index is 11.7. The van der Waals surface area contributed by atoms with E-state index in [0.717, 1.165) is 18.5 Å². The summed E-state index contributed by atoms with van der Waals surface area (Å²) in [5.41, 5.74) is 2.02. The number of carbonyl (C=O) groups is 1. The van der Waals surface area contributed by atoms with Crippen molar-refractivity contribution in [2.45, 2.75) is 19.8 Å². The highest BCUT2D eigenvalue weighted by atomic mass is 16.5. The van der Waals surface area contributed by atoms with Gasteiger partial charge in [0.2, 0.25) is 0 Å². The summed E-state index contributed by atoms with van der Waals surface area (Å²) < 4.78 is 5.14. The Kier molecular flexibility index (Phi) is 5.64. The van der Waals surface area contributed by atoms with Gasteiger partial charge >= 0.3 is 5.97 Å². The maximum Gasteiger partial charge on any atom is 0.338 e. The van der Waals surface area contributed by atoms with E-state index in [2.05, 4.69) is 17.2 Å². The predicted molar refractivity (Wildman–Crippen MR) is 82.3 cm³/mol. The Morgan fingerprint density at radius 3 is 2.19 bits per heavy atom. The summed E-state index contributed by atoms with van der Waals surface area (Å²) >= 11 is 0. The first-order chi connectivity index (χ1) is 10.3. The van der Waals surface area contributed by atoms with Crippen molar-refractivity contribution >= 4 is 17.3 Å². The SMILES string of the molecule is CCCCOC(=O)c1ccc(N=Nc2ccccc2)cc1. The fourth-order valence-electron chi connectivity index (χ4n) is 1.67. The van der Waals surface area contributed by atoms with Crippen LogP contribution < -0.4 is 0 Å². The van der Waals surface area contributed by atoms with E-state index in [4.69, 9.17) is 4.74 Å². The third-order valence-electron chi connectivity index (χ3n) is 2.87. The Labute approximate surface area is 124 Å². The van der Waals surface area contributed by atoms with Gasteiger partial charge in [-0.25, -0.2) is 4.79 Å². The van der Waals surface area contributed by atoms with Crippen LogP contribution >= 0.6 is 0 Å². The standard InChI is InChI=1S/C17H18N2O2/c1-2-3-13-21-17(20)14-9-11-16(12-10-14)19-18-15-7-5-4-6-8-15/h4-12H,2-3,13H2,1H3. The first kappa shape index (κ1) is 14.9. The molecule has 0 aliphatic heterocycles. The zero-order valence-corrected chi connectivity index (χ0v) is 12.0. The molecule has 0 fully saturated rings. The third-order valence-corrected chi connectivity index (χ3v) is 2.87. The molecule has 0 N–H and O–H groups in total. The summed E-state index contributed by atoms with van der Waals surface area (Å²) in [5, 5.41) is 8.25. The molecule has 0 heterocycles. The molecule has 0 aliphatic carbocycles. The van der Waals surface area contributed by atoms with Crippen LogP contribution in [-0.4, -0.2) is 12.6 Å². The molecule has 0 saturated heterocycles. The van der Waals surface area contributed by atoms with Crippen molar-refractivity contribution in [2.75, 3.05) is 6.61 Å². The van der Waals surface area contributed by atoms with Crippen LogP contribution in [0, 0.1) is 0 Å². The molecule has 2 rings (SSSR count). The second kappa shape index (κ2) is 7.94. The Bertz CT molecular complexity index is 592. The molecule has 0 amide bonds. The van der Waals surface area contributed by atoms with Crippen LogP contribution in [0.2, 0.25) is 0 Å². The molecular weight excluding hydrogens is 264 g/mol. The van der Waals surface area contributed by atoms with Crippen molar-refractivity contribution in [3.05, 3.63) is 60.2 Å². The molecular formula is C17H18N2O2. The van der Waals surface area contributed by atoms with Gasteiger partial charge in [0.05, 0.1) is 23.5 Å². The van der Waals surface area contributed by atoms with Crippen LogP contribution in [0.25, 0.3) is 0 Å². The van der Waals surface area contributed by atoms with E-state index in [0.29, 0.717) is 17.9 Å². The second-order valence-electron chi connectivity index (χ2n) is 4.57. The lowest BCUT2D eigenvalue weighted by atomic mass is 10.2. The molecule has 4 heteroatoms. The van der Waals surface area contributed by atoms with E-state index in [1.165, 1.54) is 0 Å². The molecule has 0 atom stereocenters. The number of hydrogen-bond acceptors (Lipinski definition) is 4. The van der Waals surface area contributed by atoms with E-state index >= 15 is 0 Å². The normalized spacial score (nSPS) is 10.7. The van der Waals surface area contributed by atoms with Crippen molar-refractivity contribution in [1.29, 1.82) is 0 Å². The van der Waals surface area contributed by atoms with Gasteiger partial charge in [0.25, 0.3) is 0 Å². The maximum atomic E-state index is 11.7. The van der Waals surface area contributed by atoms with Crippen molar-refractivity contribution in [3.8, 4) is 0 Å². The van der Waals surface area contributed by atoms with Crippen molar-refractivity contribution in [2.24, 2.45) is 10.2 Å². The van der Waals surface area contributed by atoms with Gasteiger partial charge in [-0.1, -0.05) is 31.5 Å². The van der Waals surface area contributed by atoms with Gasteiger partial charge in [-0.05, 0) is 42.8 Å². The number of benzene rings is 2. The molecule has 2 aromatic carbocycles. The lowest BCUT2D eigenvalue weighted by Crippen LogP contribution is -2.05. The third kappa shape index (κ3) is 4.84. The Morgan fingerprint density at radius 2 is 1.57 bits per heavy atom. The van der Waals surface area contributed by atoms with Gasteiger partial charge in [-0.15, -0.1) is 0 Å². The van der Waals surface area contributed by atoms with Gasteiger partial charge in [0.15, 0.2) is 0 Å². The highest BCUT2D eigenvalue weighted by Gasteiger charge is 2.06. The zero-order valence-electron chi connectivity index (χ0n) is 12.0. The number of unbranched alkanes of at least 4 members (excludes halogenated alkanes) is 1. The van der Waals surface area contributed by atoms with E-state index in [9.17, 15) is 4.79 Å². The van der Waals surface area contributed by atoms with Gasteiger partial charge in [0.1, 0.15) is 0 Å². The fraction of sp³-hybridized carbons (Fsp3) is 0.235. The van der Waals surface area contributed by atoms with Gasteiger partial charge in [0, 0.05) is 0 Å². The lowest BCUT2D eigenvalue weighted by molar-refractivity contribution is 0.0500. The number of hydrogen-bond donors (Lipinski definition) is 0. The van der Waals surface area contributed by atoms with Gasteiger partial charge in [-0.2, -0.15) is 10.2 Å². The lowest BCUT2D eigenvalue weighted by Gasteiger charge is -2.03. The minimum Gasteiger partial charge on any atom is -0.462 e. The number of esters is 1. The van der Waals surface area contributed by atoms with Crippen LogP contribution in [-0.2, 0) is 4.74 Å². The number of nitrogens with zero attached hydrogens (tertiary/aromatic N) is 2. The summed E-state index contributed by atoms with van der Waals surface area (Å²) in [4.78, 5) is 11.7. The van der Waals surface area contributed by atoms with Crippen molar-refractivity contribution < 1.29 is 9.53 Å². The smallest absolute Gasteiger partial charge is 0.338 e. The van der Waals surface area contributed by atoms with Crippen LogP contribution in [0.5, 0.6) is 0 Å². The molecule has 108 valence electrons. The molecule has 2 aromatic rings. The van der Waals surface area contributed by atoms with Gasteiger partial charge < -0.3 is 4.74 Å². The first-order valence-electron chi connectivity index (χ1n) is 7.03. The summed E-state index contributed by atoms with van der Waals surface area (Å²) in [6, 6.07) is 16.4. The van der Waals surface area contributed by atoms with Crippen LogP contribution in [0.4, 0.5) is 11.4 Å². The molecule has 0 aliphatic rings. The Morgan fingerprint density at radius 1 is 0.952 bits per heavy atom. The molecule has 0 spiro atoms. The molecule has 0 unspecified atom stereocenters. The highest BCUT2D eigenvalue weighted by Crippen LogP contribution is 2.18. The minimum atomic E-state index is -0.296. The van der Waals surface area contributed by atoms with E-state index in [1.54, 1.807) is 24.3 Å². The molecule has 21 heavy (non-hydrogen) atoms. The van der Waals surface area contributed by atoms with Crippen LogP contribution in [0.15, 0.2) is 64.8 Å². The minimum absolute atomic E-state index is 0.296. The van der Waals surface area contributed by atoms with E-state index in [-0.39, 0.29) is 5.97 Å². The predicted octanol–water partition coefficient (Wildman–Crippen LogP) is 5.06. The Balaban J connectivity index is 1.96. The molecule has 0 radical (unpaired) electrons. The highest BCUT2D eigenvalue weighted by molar-refractivity contribution is 5.89. The first-order valence-corrected chi connectivity index (χ1v) is 7.03. The molecule has 4 nitrogen and oxygen atoms in total. The van der Waals surface area contributed by atoms with Crippen molar-refractivity contribution in [1.82, 2.24) is 0 Å². The van der Waals surface area contributed by atoms with E-state index < -0.39 is 0 Å². The van der Waals surface area contributed by atoms with E-state index in [1.807, 2.05) is 30.3 Å². The topological polar surface area (TPSA) is 51.0 Å². The summed E-state index contributed by atoms with van der Waals surface area (Å²) in [6.45, 7) is 2.52. The quantitative estimate of drug-likeness (QED) is 0.422. The number of azo groups is 1. The number of carbonyl (C=O) groups excluding carboxylic acids is 1. The summed E-state index contributed by atoms with van der Waals surface area (Å²) in [7, 11) is 0. The molecule has 0 bridgehead atoms. The Hall–Kier alpha value is -2.49. The summed E-state index contributed by atoms with van der Waals surface area (Å²) in [5.74, 6) is -0.296. The zero-order chi connectivity index (χ0) is 14.9. The van der Waals surface area contributed by atoms with Crippen molar-refractivity contribution in [3.63, 3.8) is 0 Å². The fourth-order valence-corrected chi connectivity index (χ4v) is 1.67. The molecule has 0 saturated carbocycles. The second-order valence-corrected chi connectivity index (χ2v) is 4.57. The molecule has 0 aromatic heterocycles. The van der Waals surface area contributed by atoms with Crippen LogP contribution in [0.3, 0.4) is 0 Å². The number of rotatable bonds is 6. The average molecular weight is 282 g/mol. The summed E-state index contributed by atoms with van der Waals surface area (Å²) in [6.07, 6.45) is 1.89. The number of ether oxygens (including phenoxy) is 1.